The van der Waals surface area contributed by atoms with Crippen LogP contribution >= 0.6 is 0 Å². The van der Waals surface area contributed by atoms with Gasteiger partial charge in [-0.05, 0) is 0 Å². The lowest BCUT2D eigenvalue weighted by atomic mass is 10.5. The number of imidazole rings is 1. The number of hydrogen-bond donors (Lipinski definition) is 0. The van der Waals surface area contributed by atoms with Crippen molar-refractivity contribution in [3.8, 4) is 0 Å². The topological polar surface area (TPSA) is 73.8 Å². The Morgan fingerprint density at radius 3 is 3.07 bits per heavy atom. The van der Waals surface area contributed by atoms with E-state index in [1.807, 2.05) is 6.92 Å². The largest absolute Gasteiger partial charge is 0.339 e. The zero-order valence-electron chi connectivity index (χ0n) is 8.25. The van der Waals surface area contributed by atoms with Gasteiger partial charge in [-0.3, -0.25) is 4.79 Å². The lowest BCUT2D eigenvalue weighted by Gasteiger charge is -1.93. The predicted molar refractivity (Wildman–Crippen MR) is 50.4 cm³/mol. The Kier molecular flexibility index (Phi) is 2.57. The van der Waals surface area contributed by atoms with E-state index in [0.29, 0.717) is 30.2 Å². The Morgan fingerprint density at radius 1 is 1.60 bits per heavy atom. The van der Waals surface area contributed by atoms with Crippen LogP contribution in [0, 0.1) is 0 Å². The summed E-state index contributed by atoms with van der Waals surface area (Å²) in [7, 11) is 0. The highest BCUT2D eigenvalue weighted by atomic mass is 16.5. The third kappa shape index (κ3) is 2.09. The number of hydrogen-bond acceptors (Lipinski definition) is 5. The van der Waals surface area contributed by atoms with Gasteiger partial charge in [0, 0.05) is 12.6 Å². The first-order valence-electron chi connectivity index (χ1n) is 4.60. The van der Waals surface area contributed by atoms with Crippen LogP contribution in [0.25, 0.3) is 0 Å². The quantitative estimate of drug-likeness (QED) is 0.688. The molecular formula is C9H10N4O2. The van der Waals surface area contributed by atoms with E-state index < -0.39 is 0 Å². The molecule has 0 unspecified atom stereocenters. The van der Waals surface area contributed by atoms with E-state index in [-0.39, 0.29) is 0 Å². The van der Waals surface area contributed by atoms with E-state index in [2.05, 4.69) is 15.1 Å². The molecule has 0 saturated heterocycles. The van der Waals surface area contributed by atoms with Crippen LogP contribution in [-0.4, -0.2) is 26.0 Å². The minimum Gasteiger partial charge on any atom is -0.339 e. The number of rotatable bonds is 4. The van der Waals surface area contributed by atoms with Gasteiger partial charge in [-0.15, -0.1) is 0 Å². The van der Waals surface area contributed by atoms with E-state index in [9.17, 15) is 4.79 Å². The molecule has 0 atom stereocenters. The minimum absolute atomic E-state index is 0.397. The summed E-state index contributed by atoms with van der Waals surface area (Å²) in [5.74, 6) is 1.20. The second-order valence-electron chi connectivity index (χ2n) is 3.05. The number of nitrogens with zero attached hydrogens (tertiary/aromatic N) is 4. The summed E-state index contributed by atoms with van der Waals surface area (Å²) in [4.78, 5) is 18.4. The molecule has 0 N–H and O–H groups in total. The van der Waals surface area contributed by atoms with Crippen molar-refractivity contribution >= 4 is 6.29 Å². The lowest BCUT2D eigenvalue weighted by molar-refractivity contribution is 0.111. The average Bonchev–Trinajstić information content (AvgIpc) is 2.87. The Morgan fingerprint density at radius 2 is 2.47 bits per heavy atom. The van der Waals surface area contributed by atoms with E-state index in [1.165, 1.54) is 0 Å². The van der Waals surface area contributed by atoms with Crippen molar-refractivity contribution < 1.29 is 9.32 Å². The Balaban J connectivity index is 2.10. The molecular weight excluding hydrogens is 196 g/mol. The van der Waals surface area contributed by atoms with Gasteiger partial charge in [-0.1, -0.05) is 12.1 Å². The Hall–Kier alpha value is -1.98. The molecule has 78 valence electrons. The SMILES string of the molecule is CCc1nc(Cn2cnc(C=O)c2)no1. The summed E-state index contributed by atoms with van der Waals surface area (Å²) in [6.45, 7) is 2.41. The first-order valence-corrected chi connectivity index (χ1v) is 4.60. The minimum atomic E-state index is 0.397. The van der Waals surface area contributed by atoms with Crippen molar-refractivity contribution in [1.29, 1.82) is 0 Å². The maximum absolute atomic E-state index is 10.4. The molecule has 2 aromatic rings. The highest BCUT2D eigenvalue weighted by molar-refractivity contribution is 5.70. The fourth-order valence-corrected chi connectivity index (χ4v) is 1.19. The molecule has 0 spiro atoms. The van der Waals surface area contributed by atoms with E-state index >= 15 is 0 Å². The van der Waals surface area contributed by atoms with Crippen molar-refractivity contribution in [2.24, 2.45) is 0 Å². The van der Waals surface area contributed by atoms with Crippen molar-refractivity contribution in [2.75, 3.05) is 0 Å². The molecule has 15 heavy (non-hydrogen) atoms. The van der Waals surface area contributed by atoms with Gasteiger partial charge in [0.2, 0.25) is 5.89 Å². The lowest BCUT2D eigenvalue weighted by Crippen LogP contribution is -1.98. The van der Waals surface area contributed by atoms with Gasteiger partial charge in [0.25, 0.3) is 0 Å². The molecule has 2 rings (SSSR count). The third-order valence-electron chi connectivity index (χ3n) is 1.91. The maximum Gasteiger partial charge on any atom is 0.226 e. The Labute approximate surface area is 85.9 Å². The normalized spacial score (nSPS) is 10.5. The molecule has 0 aliphatic rings. The van der Waals surface area contributed by atoms with Crippen molar-refractivity contribution in [1.82, 2.24) is 19.7 Å². The summed E-state index contributed by atoms with van der Waals surface area (Å²) in [6, 6.07) is 0. The number of aldehydes is 1. The molecule has 2 heterocycles. The van der Waals surface area contributed by atoms with Crippen LogP contribution in [-0.2, 0) is 13.0 Å². The molecule has 0 bridgehead atoms. The standard InChI is InChI=1S/C9H10N4O2/c1-2-9-11-8(12-15-9)4-13-3-7(5-14)10-6-13/h3,5-6H,2,4H2,1H3. The number of aromatic nitrogens is 4. The van der Waals surface area contributed by atoms with Gasteiger partial charge in [-0.2, -0.15) is 4.98 Å². The van der Waals surface area contributed by atoms with Crippen LogP contribution in [0.1, 0.15) is 29.1 Å². The first kappa shape index (κ1) is 9.57. The fourth-order valence-electron chi connectivity index (χ4n) is 1.19. The van der Waals surface area contributed by atoms with Gasteiger partial charge in [-0.25, -0.2) is 4.98 Å². The highest BCUT2D eigenvalue weighted by Gasteiger charge is 2.05. The van der Waals surface area contributed by atoms with E-state index in [1.54, 1.807) is 17.1 Å². The third-order valence-corrected chi connectivity index (χ3v) is 1.91. The van der Waals surface area contributed by atoms with Crippen molar-refractivity contribution in [3.63, 3.8) is 0 Å². The second kappa shape index (κ2) is 4.04. The fraction of sp³-hybridized carbons (Fsp3) is 0.333. The zero-order chi connectivity index (χ0) is 10.7. The van der Waals surface area contributed by atoms with Gasteiger partial charge in [0.1, 0.15) is 5.69 Å². The summed E-state index contributed by atoms with van der Waals surface area (Å²) in [5, 5.41) is 3.79. The number of aryl methyl sites for hydroxylation is 1. The molecule has 2 aromatic heterocycles. The second-order valence-corrected chi connectivity index (χ2v) is 3.05. The molecule has 6 nitrogen and oxygen atoms in total. The van der Waals surface area contributed by atoms with Gasteiger partial charge in [0.15, 0.2) is 12.1 Å². The molecule has 0 amide bonds. The monoisotopic (exact) mass is 206 g/mol. The first-order chi connectivity index (χ1) is 7.31. The number of carbonyl (C=O) groups excluding carboxylic acids is 1. The molecule has 0 aliphatic heterocycles. The van der Waals surface area contributed by atoms with Gasteiger partial charge >= 0.3 is 0 Å². The average molecular weight is 206 g/mol. The molecule has 6 heteroatoms. The van der Waals surface area contributed by atoms with E-state index in [0.717, 1.165) is 6.42 Å². The van der Waals surface area contributed by atoms with Crippen molar-refractivity contribution in [2.45, 2.75) is 19.9 Å². The molecule has 0 fully saturated rings. The summed E-state index contributed by atoms with van der Waals surface area (Å²) in [6.07, 6.45) is 4.61. The van der Waals surface area contributed by atoms with Crippen LogP contribution in [0.4, 0.5) is 0 Å². The number of carbonyl (C=O) groups is 1. The van der Waals surface area contributed by atoms with Gasteiger partial charge in [0.05, 0.1) is 12.9 Å². The van der Waals surface area contributed by atoms with E-state index in [4.69, 9.17) is 4.52 Å². The van der Waals surface area contributed by atoms with Crippen LogP contribution in [0.15, 0.2) is 17.0 Å². The molecule has 0 aromatic carbocycles. The Bertz CT molecular complexity index is 460. The van der Waals surface area contributed by atoms with Crippen LogP contribution < -0.4 is 0 Å². The van der Waals surface area contributed by atoms with Crippen LogP contribution in [0.5, 0.6) is 0 Å². The van der Waals surface area contributed by atoms with Crippen LogP contribution in [0.3, 0.4) is 0 Å². The summed E-state index contributed by atoms with van der Waals surface area (Å²) in [5.41, 5.74) is 0.397. The predicted octanol–water partition coefficient (Wildman–Crippen LogP) is 0.689. The summed E-state index contributed by atoms with van der Waals surface area (Å²) >= 11 is 0. The smallest absolute Gasteiger partial charge is 0.226 e. The van der Waals surface area contributed by atoms with Crippen molar-refractivity contribution in [3.05, 3.63) is 29.9 Å². The molecule has 0 radical (unpaired) electrons. The van der Waals surface area contributed by atoms with Crippen LogP contribution in [0.2, 0.25) is 0 Å². The highest BCUT2D eigenvalue weighted by Crippen LogP contribution is 2.01. The molecule has 0 saturated carbocycles. The zero-order valence-corrected chi connectivity index (χ0v) is 8.25. The van der Waals surface area contributed by atoms with Gasteiger partial charge < -0.3 is 9.09 Å². The molecule has 0 aliphatic carbocycles. The summed E-state index contributed by atoms with van der Waals surface area (Å²) < 4.78 is 6.68. The maximum atomic E-state index is 10.4.